The molecule has 1 aromatic carbocycles. The Kier molecular flexibility index (Phi) is 7.84. The summed E-state index contributed by atoms with van der Waals surface area (Å²) in [6.07, 6.45) is 6.23. The Morgan fingerprint density at radius 1 is 1.16 bits per heavy atom. The summed E-state index contributed by atoms with van der Waals surface area (Å²) in [7, 11) is -1.15. The molecule has 2 heterocycles. The first-order valence-electron chi connectivity index (χ1n) is 10.9. The summed E-state index contributed by atoms with van der Waals surface area (Å²) in [6, 6.07) is 7.02. The third kappa shape index (κ3) is 6.49. The summed E-state index contributed by atoms with van der Waals surface area (Å²) in [5, 5.41) is 0. The topological polar surface area (TPSA) is 92.7 Å². The normalized spacial score (nSPS) is 15.4. The number of hydrogen-bond donors (Lipinski definition) is 0. The molecule has 0 radical (unpaired) electrons. The first-order chi connectivity index (χ1) is 15.1. The lowest BCUT2D eigenvalue weighted by Gasteiger charge is -2.36. The van der Waals surface area contributed by atoms with Gasteiger partial charge in [0.25, 0.3) is 0 Å². The van der Waals surface area contributed by atoms with Gasteiger partial charge in [-0.15, -0.1) is 0 Å². The number of piperidine rings is 1. The molecule has 0 aliphatic carbocycles. The largest absolute Gasteiger partial charge is 0.449 e. The number of rotatable bonds is 7. The van der Waals surface area contributed by atoms with Crippen LogP contribution in [0.1, 0.15) is 32.4 Å². The molecule has 3 rings (SSSR count). The fourth-order valence-corrected chi connectivity index (χ4v) is 4.29. The van der Waals surface area contributed by atoms with Gasteiger partial charge in [0.15, 0.2) is 9.84 Å². The van der Waals surface area contributed by atoms with Crippen molar-refractivity contribution >= 4 is 15.9 Å². The van der Waals surface area contributed by atoms with Crippen molar-refractivity contribution in [3.8, 4) is 11.3 Å². The molecule has 0 N–H and O–H groups in total. The Morgan fingerprint density at radius 3 is 2.34 bits per heavy atom. The highest BCUT2D eigenvalue weighted by molar-refractivity contribution is 7.90. The molecule has 1 aromatic heterocycles. The highest BCUT2D eigenvalue weighted by Crippen LogP contribution is 2.21. The Morgan fingerprint density at radius 2 is 1.81 bits per heavy atom. The zero-order valence-electron chi connectivity index (χ0n) is 19.2. The van der Waals surface area contributed by atoms with Gasteiger partial charge in [-0.2, -0.15) is 0 Å². The molecule has 174 valence electrons. The van der Waals surface area contributed by atoms with Crippen molar-refractivity contribution in [2.75, 3.05) is 33.0 Å². The fraction of sp³-hybridized carbons (Fsp3) is 0.522. The predicted octanol–water partition coefficient (Wildman–Crippen LogP) is 3.24. The van der Waals surface area contributed by atoms with Crippen molar-refractivity contribution in [2.45, 2.75) is 44.2 Å². The van der Waals surface area contributed by atoms with Crippen molar-refractivity contribution in [1.29, 1.82) is 0 Å². The SMILES string of the molecule is CC(C)COC(=O)N1CCC(N(C)Cc2cnc(-c3ccc(S(C)(=O)=O)cc3)cn2)CC1. The first kappa shape index (κ1) is 24.1. The van der Waals surface area contributed by atoms with Crippen molar-refractivity contribution in [3.05, 3.63) is 42.4 Å². The van der Waals surface area contributed by atoms with Gasteiger partial charge in [0, 0.05) is 37.5 Å². The van der Waals surface area contributed by atoms with Crippen molar-refractivity contribution in [3.63, 3.8) is 0 Å². The highest BCUT2D eigenvalue weighted by Gasteiger charge is 2.26. The van der Waals surface area contributed by atoms with Crippen LogP contribution in [0.5, 0.6) is 0 Å². The van der Waals surface area contributed by atoms with Gasteiger partial charge in [0.1, 0.15) is 0 Å². The molecule has 32 heavy (non-hydrogen) atoms. The Bertz CT molecular complexity index is 999. The van der Waals surface area contributed by atoms with E-state index in [1.807, 2.05) is 13.8 Å². The van der Waals surface area contributed by atoms with Crippen LogP contribution in [0.25, 0.3) is 11.3 Å². The van der Waals surface area contributed by atoms with E-state index >= 15 is 0 Å². The van der Waals surface area contributed by atoms with Crippen LogP contribution < -0.4 is 0 Å². The number of carbonyl (C=O) groups is 1. The summed E-state index contributed by atoms with van der Waals surface area (Å²) in [4.78, 5) is 25.5. The van der Waals surface area contributed by atoms with Crippen LogP contribution in [0.2, 0.25) is 0 Å². The number of aromatic nitrogens is 2. The van der Waals surface area contributed by atoms with E-state index in [2.05, 4.69) is 21.9 Å². The zero-order valence-corrected chi connectivity index (χ0v) is 20.0. The second-order valence-electron chi connectivity index (χ2n) is 8.79. The number of likely N-dealkylation sites (tertiary alicyclic amines) is 1. The van der Waals surface area contributed by atoms with Gasteiger partial charge in [-0.1, -0.05) is 26.0 Å². The summed E-state index contributed by atoms with van der Waals surface area (Å²) in [5.74, 6) is 0.335. The minimum absolute atomic E-state index is 0.217. The van der Waals surface area contributed by atoms with E-state index in [9.17, 15) is 13.2 Å². The van der Waals surface area contributed by atoms with Gasteiger partial charge in [0.2, 0.25) is 0 Å². The number of benzene rings is 1. The van der Waals surface area contributed by atoms with Crippen LogP contribution in [0.15, 0.2) is 41.6 Å². The van der Waals surface area contributed by atoms with E-state index in [0.29, 0.717) is 43.9 Å². The van der Waals surface area contributed by atoms with E-state index in [4.69, 9.17) is 4.74 Å². The number of sulfone groups is 1. The molecule has 9 heteroatoms. The molecule has 0 atom stereocenters. The number of amides is 1. The molecule has 0 spiro atoms. The third-order valence-electron chi connectivity index (χ3n) is 5.58. The maximum atomic E-state index is 12.1. The molecular formula is C23H32N4O4S. The molecule has 1 aliphatic rings. The second-order valence-corrected chi connectivity index (χ2v) is 10.8. The molecule has 1 fully saturated rings. The molecule has 8 nitrogen and oxygen atoms in total. The number of hydrogen-bond acceptors (Lipinski definition) is 7. The Labute approximate surface area is 190 Å². The van der Waals surface area contributed by atoms with Gasteiger partial charge in [-0.3, -0.25) is 14.9 Å². The average molecular weight is 461 g/mol. The quantitative estimate of drug-likeness (QED) is 0.626. The first-order valence-corrected chi connectivity index (χ1v) is 12.8. The summed E-state index contributed by atoms with van der Waals surface area (Å²) < 4.78 is 28.5. The monoisotopic (exact) mass is 460 g/mol. The van der Waals surface area contributed by atoms with Gasteiger partial charge >= 0.3 is 6.09 Å². The number of ether oxygens (including phenoxy) is 1. The average Bonchev–Trinajstić information content (AvgIpc) is 2.77. The summed E-state index contributed by atoms with van der Waals surface area (Å²) in [6.45, 7) is 6.56. The van der Waals surface area contributed by atoms with Gasteiger partial charge in [-0.05, 0) is 37.9 Å². The molecule has 2 aromatic rings. The van der Waals surface area contributed by atoms with E-state index in [0.717, 1.165) is 24.1 Å². The zero-order chi connectivity index (χ0) is 23.3. The lowest BCUT2D eigenvalue weighted by atomic mass is 10.0. The maximum Gasteiger partial charge on any atom is 0.409 e. The lowest BCUT2D eigenvalue weighted by Crippen LogP contribution is -2.45. The summed E-state index contributed by atoms with van der Waals surface area (Å²) >= 11 is 0. The standard InChI is InChI=1S/C23H32N4O4S/c1-17(2)16-31-23(28)27-11-9-20(10-12-27)26(3)15-19-13-25-22(14-24-19)18-5-7-21(8-6-18)32(4,29)30/h5-8,13-14,17,20H,9-12,15-16H2,1-4H3. The van der Waals surface area contributed by atoms with Gasteiger partial charge < -0.3 is 9.64 Å². The molecule has 0 unspecified atom stereocenters. The Balaban J connectivity index is 1.52. The van der Waals surface area contributed by atoms with Crippen LogP contribution in [-0.4, -0.2) is 73.3 Å². The number of nitrogens with zero attached hydrogens (tertiary/aromatic N) is 4. The van der Waals surface area contributed by atoms with Gasteiger partial charge in [-0.25, -0.2) is 13.2 Å². The molecule has 1 aliphatic heterocycles. The minimum atomic E-state index is -3.22. The maximum absolute atomic E-state index is 12.1. The summed E-state index contributed by atoms with van der Waals surface area (Å²) in [5.41, 5.74) is 2.38. The van der Waals surface area contributed by atoms with Crippen molar-refractivity contribution < 1.29 is 17.9 Å². The highest BCUT2D eigenvalue weighted by atomic mass is 32.2. The van der Waals surface area contributed by atoms with Crippen LogP contribution in [0.4, 0.5) is 4.79 Å². The number of carbonyl (C=O) groups excluding carboxylic acids is 1. The Hall–Kier alpha value is -2.52. The van der Waals surface area contributed by atoms with Crippen LogP contribution in [0.3, 0.4) is 0 Å². The van der Waals surface area contributed by atoms with Crippen LogP contribution in [0, 0.1) is 5.92 Å². The molecule has 1 amide bonds. The van der Waals surface area contributed by atoms with Crippen molar-refractivity contribution in [1.82, 2.24) is 19.8 Å². The molecular weight excluding hydrogens is 428 g/mol. The van der Waals surface area contributed by atoms with E-state index in [1.54, 1.807) is 41.6 Å². The van der Waals surface area contributed by atoms with E-state index < -0.39 is 9.84 Å². The molecule has 0 saturated carbocycles. The predicted molar refractivity (Wildman–Crippen MR) is 123 cm³/mol. The van der Waals surface area contributed by atoms with E-state index in [-0.39, 0.29) is 11.0 Å². The lowest BCUT2D eigenvalue weighted by molar-refractivity contribution is 0.0691. The van der Waals surface area contributed by atoms with Crippen molar-refractivity contribution in [2.24, 2.45) is 5.92 Å². The third-order valence-corrected chi connectivity index (χ3v) is 6.71. The van der Waals surface area contributed by atoms with Crippen LogP contribution in [-0.2, 0) is 21.1 Å². The minimum Gasteiger partial charge on any atom is -0.449 e. The fourth-order valence-electron chi connectivity index (χ4n) is 3.66. The van der Waals surface area contributed by atoms with Gasteiger partial charge in [0.05, 0.1) is 35.3 Å². The molecule has 1 saturated heterocycles. The molecule has 0 bridgehead atoms. The van der Waals surface area contributed by atoms with Crippen LogP contribution >= 0.6 is 0 Å². The smallest absolute Gasteiger partial charge is 0.409 e. The second kappa shape index (κ2) is 10.4. The van der Waals surface area contributed by atoms with E-state index in [1.165, 1.54) is 6.26 Å².